The molecular weight excluding hydrogens is 192 g/mol. The molecule has 3 aliphatic rings. The van der Waals surface area contributed by atoms with E-state index in [-0.39, 0.29) is 24.4 Å². The molecule has 0 aromatic carbocycles. The van der Waals surface area contributed by atoms with Gasteiger partial charge in [0.2, 0.25) is 0 Å². The SMILES string of the molecule is CC1(C)O[C@H]2[C@H]3O[C@H]3C=C(Cl)[C@H]2O1. The van der Waals surface area contributed by atoms with Gasteiger partial charge in [-0.05, 0) is 19.9 Å². The van der Waals surface area contributed by atoms with E-state index >= 15 is 0 Å². The highest BCUT2D eigenvalue weighted by Crippen LogP contribution is 2.46. The van der Waals surface area contributed by atoms with Gasteiger partial charge in [-0.2, -0.15) is 0 Å². The van der Waals surface area contributed by atoms with E-state index in [1.165, 1.54) is 0 Å². The van der Waals surface area contributed by atoms with E-state index in [1.807, 2.05) is 19.9 Å². The zero-order valence-corrected chi connectivity index (χ0v) is 8.25. The average molecular weight is 203 g/mol. The summed E-state index contributed by atoms with van der Waals surface area (Å²) in [4.78, 5) is 0. The zero-order chi connectivity index (χ0) is 9.22. The minimum atomic E-state index is -0.538. The van der Waals surface area contributed by atoms with Crippen LogP contribution in [-0.4, -0.2) is 30.2 Å². The molecule has 0 spiro atoms. The fourth-order valence-electron chi connectivity index (χ4n) is 2.03. The van der Waals surface area contributed by atoms with Crippen molar-refractivity contribution in [3.63, 3.8) is 0 Å². The van der Waals surface area contributed by atoms with Gasteiger partial charge >= 0.3 is 0 Å². The summed E-state index contributed by atoms with van der Waals surface area (Å²) in [6.45, 7) is 3.79. The molecule has 0 aromatic rings. The summed E-state index contributed by atoms with van der Waals surface area (Å²) < 4.78 is 16.8. The standard InChI is InChI=1S/C9H11ClO3/c1-9(2)12-6-4(10)3-5-7(11-5)8(6)13-9/h3,5-8H,1-2H3/t5-,6+,7-,8+/m0/s1. The molecule has 2 saturated heterocycles. The van der Waals surface area contributed by atoms with E-state index in [4.69, 9.17) is 25.8 Å². The molecule has 0 unspecified atom stereocenters. The Bertz CT molecular complexity index is 287. The lowest BCUT2D eigenvalue weighted by molar-refractivity contribution is -0.144. The van der Waals surface area contributed by atoms with E-state index in [0.717, 1.165) is 0 Å². The van der Waals surface area contributed by atoms with Crippen LogP contribution in [0.1, 0.15) is 13.8 Å². The van der Waals surface area contributed by atoms with Crippen molar-refractivity contribution >= 4 is 11.6 Å². The summed E-state index contributed by atoms with van der Waals surface area (Å²) in [5.74, 6) is -0.538. The van der Waals surface area contributed by atoms with Crippen LogP contribution in [0.15, 0.2) is 11.1 Å². The van der Waals surface area contributed by atoms with Crippen LogP contribution in [0.25, 0.3) is 0 Å². The van der Waals surface area contributed by atoms with Crippen LogP contribution in [0.2, 0.25) is 0 Å². The first-order valence-corrected chi connectivity index (χ1v) is 4.83. The summed E-state index contributed by atoms with van der Waals surface area (Å²) in [6.07, 6.45) is 2.09. The predicted molar refractivity (Wildman–Crippen MR) is 46.4 cm³/mol. The molecule has 0 saturated carbocycles. The Morgan fingerprint density at radius 2 is 2.08 bits per heavy atom. The third-order valence-electron chi connectivity index (χ3n) is 2.61. The minimum absolute atomic E-state index is 0.0162. The highest BCUT2D eigenvalue weighted by atomic mass is 35.5. The van der Waals surface area contributed by atoms with E-state index in [0.29, 0.717) is 5.03 Å². The van der Waals surface area contributed by atoms with Gasteiger partial charge in [-0.25, -0.2) is 0 Å². The van der Waals surface area contributed by atoms with Gasteiger partial charge < -0.3 is 14.2 Å². The normalized spacial score (nSPS) is 50.8. The van der Waals surface area contributed by atoms with Crippen molar-refractivity contribution in [1.29, 1.82) is 0 Å². The number of epoxide rings is 1. The molecule has 0 aromatic heterocycles. The largest absolute Gasteiger partial charge is 0.362 e. The molecule has 3 nitrogen and oxygen atoms in total. The molecule has 0 amide bonds. The van der Waals surface area contributed by atoms with Gasteiger partial charge in [-0.1, -0.05) is 11.6 Å². The molecule has 3 rings (SSSR count). The first-order valence-electron chi connectivity index (χ1n) is 4.45. The molecule has 0 N–H and O–H groups in total. The van der Waals surface area contributed by atoms with E-state index < -0.39 is 5.79 Å². The predicted octanol–water partition coefficient (Wildman–Crippen LogP) is 1.41. The molecule has 2 aliphatic heterocycles. The van der Waals surface area contributed by atoms with Crippen molar-refractivity contribution in [2.75, 3.05) is 0 Å². The molecule has 0 bridgehead atoms. The Kier molecular flexibility index (Phi) is 1.45. The van der Waals surface area contributed by atoms with E-state index in [1.54, 1.807) is 0 Å². The summed E-state index contributed by atoms with van der Waals surface area (Å²) in [7, 11) is 0. The number of halogens is 1. The second-order valence-electron chi connectivity index (χ2n) is 4.14. The maximum Gasteiger partial charge on any atom is 0.164 e. The highest BCUT2D eigenvalue weighted by molar-refractivity contribution is 6.30. The van der Waals surface area contributed by atoms with Crippen molar-refractivity contribution in [1.82, 2.24) is 0 Å². The first-order chi connectivity index (χ1) is 6.07. The van der Waals surface area contributed by atoms with Crippen LogP contribution in [-0.2, 0) is 14.2 Å². The Balaban J connectivity index is 1.93. The van der Waals surface area contributed by atoms with Gasteiger partial charge in [-0.3, -0.25) is 0 Å². The number of hydrogen-bond donors (Lipinski definition) is 0. The minimum Gasteiger partial charge on any atom is -0.362 e. The van der Waals surface area contributed by atoms with Crippen molar-refractivity contribution in [3.8, 4) is 0 Å². The monoisotopic (exact) mass is 202 g/mol. The molecule has 2 fully saturated rings. The number of hydrogen-bond acceptors (Lipinski definition) is 3. The van der Waals surface area contributed by atoms with Gasteiger partial charge in [0, 0.05) is 5.03 Å². The lowest BCUT2D eigenvalue weighted by atomic mass is 10.0. The lowest BCUT2D eigenvalue weighted by Crippen LogP contribution is -2.32. The molecule has 4 atom stereocenters. The zero-order valence-electron chi connectivity index (χ0n) is 7.49. The maximum absolute atomic E-state index is 6.04. The molecule has 4 heteroatoms. The van der Waals surface area contributed by atoms with Gasteiger partial charge in [0.05, 0.1) is 0 Å². The van der Waals surface area contributed by atoms with Crippen molar-refractivity contribution in [2.45, 2.75) is 44.1 Å². The van der Waals surface area contributed by atoms with Gasteiger partial charge in [0.1, 0.15) is 24.4 Å². The topological polar surface area (TPSA) is 31.0 Å². The fraction of sp³-hybridized carbons (Fsp3) is 0.778. The molecule has 13 heavy (non-hydrogen) atoms. The smallest absolute Gasteiger partial charge is 0.164 e. The van der Waals surface area contributed by atoms with Gasteiger partial charge in [0.25, 0.3) is 0 Å². The summed E-state index contributed by atoms with van der Waals surface area (Å²) in [5.41, 5.74) is 0. The number of fused-ring (bicyclic) bond motifs is 3. The van der Waals surface area contributed by atoms with Crippen LogP contribution >= 0.6 is 11.6 Å². The molecular formula is C9H11ClO3. The van der Waals surface area contributed by atoms with Crippen molar-refractivity contribution in [2.24, 2.45) is 0 Å². The molecule has 72 valence electrons. The Morgan fingerprint density at radius 3 is 2.85 bits per heavy atom. The van der Waals surface area contributed by atoms with Crippen molar-refractivity contribution < 1.29 is 14.2 Å². The highest BCUT2D eigenvalue weighted by Gasteiger charge is 2.58. The van der Waals surface area contributed by atoms with Crippen LogP contribution in [0, 0.1) is 0 Å². The summed E-state index contributed by atoms with van der Waals surface area (Å²) in [5, 5.41) is 0.717. The third kappa shape index (κ3) is 1.15. The van der Waals surface area contributed by atoms with E-state index in [9.17, 15) is 0 Å². The quantitative estimate of drug-likeness (QED) is 0.557. The molecule has 1 aliphatic carbocycles. The van der Waals surface area contributed by atoms with Gasteiger partial charge in [0.15, 0.2) is 5.79 Å². The van der Waals surface area contributed by atoms with Crippen LogP contribution < -0.4 is 0 Å². The summed E-state index contributed by atoms with van der Waals surface area (Å²) in [6, 6.07) is 0. The number of ether oxygens (including phenoxy) is 3. The summed E-state index contributed by atoms with van der Waals surface area (Å²) >= 11 is 6.04. The van der Waals surface area contributed by atoms with Crippen molar-refractivity contribution in [3.05, 3.63) is 11.1 Å². The molecule has 0 radical (unpaired) electrons. The molecule has 2 heterocycles. The van der Waals surface area contributed by atoms with Crippen LogP contribution in [0.4, 0.5) is 0 Å². The second-order valence-corrected chi connectivity index (χ2v) is 4.57. The Morgan fingerprint density at radius 1 is 1.31 bits per heavy atom. The van der Waals surface area contributed by atoms with E-state index in [2.05, 4.69) is 0 Å². The Hall–Kier alpha value is -0.0900. The first kappa shape index (κ1) is 8.24. The van der Waals surface area contributed by atoms with Gasteiger partial charge in [-0.15, -0.1) is 0 Å². The maximum atomic E-state index is 6.04. The lowest BCUT2D eigenvalue weighted by Gasteiger charge is -2.16. The average Bonchev–Trinajstić information content (AvgIpc) is 2.68. The second kappa shape index (κ2) is 2.28. The van der Waals surface area contributed by atoms with Crippen LogP contribution in [0.3, 0.4) is 0 Å². The number of rotatable bonds is 0. The third-order valence-corrected chi connectivity index (χ3v) is 2.95. The fourth-order valence-corrected chi connectivity index (χ4v) is 2.32. The van der Waals surface area contributed by atoms with Crippen LogP contribution in [0.5, 0.6) is 0 Å². The Labute approximate surface area is 81.6 Å².